The minimum atomic E-state index is -0.269. The van der Waals surface area contributed by atoms with E-state index in [0.29, 0.717) is 60.5 Å². The van der Waals surface area contributed by atoms with Gasteiger partial charge in [0, 0.05) is 45.7 Å². The molecule has 0 fully saturated rings. The van der Waals surface area contributed by atoms with E-state index in [-0.39, 0.29) is 30.5 Å². The van der Waals surface area contributed by atoms with Gasteiger partial charge in [-0.15, -0.1) is 6.58 Å². The van der Waals surface area contributed by atoms with E-state index in [4.69, 9.17) is 16.6 Å². The number of aromatic nitrogens is 1. The summed E-state index contributed by atoms with van der Waals surface area (Å²) in [5.41, 5.74) is 0.596. The molecule has 208 valence electrons. The van der Waals surface area contributed by atoms with Crippen LogP contribution in [-0.4, -0.2) is 86.1 Å². The molecule has 0 aliphatic heterocycles. The van der Waals surface area contributed by atoms with Crippen molar-refractivity contribution < 1.29 is 14.7 Å². The molecule has 1 heterocycles. The number of allylic oxidation sites excluding steroid dienone is 2. The first kappa shape index (κ1) is 31.1. The summed E-state index contributed by atoms with van der Waals surface area (Å²) in [5.74, 6) is 1.81. The third-order valence-electron chi connectivity index (χ3n) is 6.66. The first-order valence-corrected chi connectivity index (χ1v) is 13.3. The van der Waals surface area contributed by atoms with Crippen molar-refractivity contribution in [2.45, 2.75) is 39.3 Å². The van der Waals surface area contributed by atoms with Gasteiger partial charge in [0.2, 0.25) is 12.8 Å². The summed E-state index contributed by atoms with van der Waals surface area (Å²) in [6.07, 6.45) is 12.0. The number of aliphatic hydroxyl groups excluding tert-OH is 1. The standard InChI is InChI=1S/C28H41ClN6O3/c1-7-8-13-34(21(4)17-31-18-37)26(30-5)23-16-24(29)28(33(6)14-15-36)32-27(23)35(19-38)25-12-10-9-11-22(25)20(2)3/h7,9-12,16,18-22,25,36H,1,8,13-15,17H2,2-6H3,(H,31,37). The van der Waals surface area contributed by atoms with Gasteiger partial charge in [-0.25, -0.2) is 4.98 Å². The van der Waals surface area contributed by atoms with Crippen molar-refractivity contribution in [3.63, 3.8) is 0 Å². The number of anilines is 2. The van der Waals surface area contributed by atoms with Crippen LogP contribution in [0.2, 0.25) is 5.02 Å². The Morgan fingerprint density at radius 1 is 1.24 bits per heavy atom. The van der Waals surface area contributed by atoms with Gasteiger partial charge < -0.3 is 20.2 Å². The number of nitrogens with zero attached hydrogens (tertiary/aromatic N) is 5. The Morgan fingerprint density at radius 3 is 2.53 bits per heavy atom. The number of pyridine rings is 1. The molecule has 1 aromatic rings. The molecule has 1 aliphatic rings. The number of amidine groups is 1. The highest BCUT2D eigenvalue weighted by atomic mass is 35.5. The highest BCUT2D eigenvalue weighted by molar-refractivity contribution is 6.33. The van der Waals surface area contributed by atoms with Gasteiger partial charge in [-0.2, -0.15) is 0 Å². The van der Waals surface area contributed by atoms with Gasteiger partial charge in [-0.3, -0.25) is 19.5 Å². The number of aliphatic hydroxyl groups is 1. The highest BCUT2D eigenvalue weighted by Crippen LogP contribution is 2.35. The minimum absolute atomic E-state index is 0.0729. The van der Waals surface area contributed by atoms with Gasteiger partial charge in [0.1, 0.15) is 17.5 Å². The normalized spacial score (nSPS) is 17.7. The number of hydrogen-bond acceptors (Lipinski definition) is 6. The lowest BCUT2D eigenvalue weighted by Gasteiger charge is -2.37. The Balaban J connectivity index is 2.77. The predicted molar refractivity (Wildman–Crippen MR) is 156 cm³/mol. The third-order valence-corrected chi connectivity index (χ3v) is 6.94. The zero-order valence-corrected chi connectivity index (χ0v) is 23.8. The fraction of sp³-hybridized carbons (Fsp3) is 0.500. The second-order valence-electron chi connectivity index (χ2n) is 9.60. The molecule has 3 atom stereocenters. The number of carbonyl (C=O) groups excluding carboxylic acids is 2. The summed E-state index contributed by atoms with van der Waals surface area (Å²) in [4.78, 5) is 38.8. The molecule has 2 amide bonds. The Labute approximate surface area is 231 Å². The highest BCUT2D eigenvalue weighted by Gasteiger charge is 2.33. The zero-order chi connectivity index (χ0) is 28.2. The summed E-state index contributed by atoms with van der Waals surface area (Å²) in [6.45, 7) is 11.3. The average Bonchev–Trinajstić information content (AvgIpc) is 2.91. The molecule has 0 spiro atoms. The quantitative estimate of drug-likeness (QED) is 0.152. The number of halogens is 1. The number of amides is 2. The van der Waals surface area contributed by atoms with Gasteiger partial charge in [0.25, 0.3) is 0 Å². The van der Waals surface area contributed by atoms with Crippen LogP contribution in [0.15, 0.2) is 48.0 Å². The maximum Gasteiger partial charge on any atom is 0.215 e. The van der Waals surface area contributed by atoms with Crippen molar-refractivity contribution in [3.8, 4) is 0 Å². The lowest BCUT2D eigenvalue weighted by atomic mass is 9.84. The molecule has 10 heteroatoms. The van der Waals surface area contributed by atoms with Crippen LogP contribution in [0.1, 0.15) is 32.8 Å². The van der Waals surface area contributed by atoms with Crippen LogP contribution in [0.3, 0.4) is 0 Å². The van der Waals surface area contributed by atoms with E-state index in [1.807, 2.05) is 31.2 Å². The van der Waals surface area contributed by atoms with E-state index >= 15 is 0 Å². The third kappa shape index (κ3) is 7.45. The second kappa shape index (κ2) is 15.3. The number of rotatable bonds is 15. The Morgan fingerprint density at radius 2 is 1.95 bits per heavy atom. The lowest BCUT2D eigenvalue weighted by Crippen LogP contribution is -2.46. The molecule has 0 saturated heterocycles. The minimum Gasteiger partial charge on any atom is -0.395 e. The molecular weight excluding hydrogens is 504 g/mol. The molecule has 3 unspecified atom stereocenters. The van der Waals surface area contributed by atoms with Crippen molar-refractivity contribution >= 4 is 41.9 Å². The van der Waals surface area contributed by atoms with Crippen LogP contribution >= 0.6 is 11.6 Å². The van der Waals surface area contributed by atoms with Gasteiger partial charge in [-0.1, -0.05) is 55.8 Å². The van der Waals surface area contributed by atoms with Gasteiger partial charge in [0.05, 0.1) is 23.2 Å². The van der Waals surface area contributed by atoms with E-state index in [1.54, 1.807) is 30.0 Å². The largest absolute Gasteiger partial charge is 0.395 e. The smallest absolute Gasteiger partial charge is 0.215 e. The van der Waals surface area contributed by atoms with Crippen LogP contribution in [0, 0.1) is 11.8 Å². The molecule has 2 N–H and O–H groups in total. The molecular formula is C28H41ClN6O3. The van der Waals surface area contributed by atoms with E-state index in [0.717, 1.165) is 6.41 Å². The van der Waals surface area contributed by atoms with Crippen LogP contribution in [-0.2, 0) is 9.59 Å². The van der Waals surface area contributed by atoms with E-state index in [2.05, 4.69) is 41.7 Å². The number of likely N-dealkylation sites (N-methyl/N-ethyl adjacent to an activating group) is 1. The summed E-state index contributed by atoms with van der Waals surface area (Å²) in [7, 11) is 3.47. The Hall–Kier alpha value is -3.17. The van der Waals surface area contributed by atoms with Gasteiger partial charge >= 0.3 is 0 Å². The first-order chi connectivity index (χ1) is 18.2. The van der Waals surface area contributed by atoms with Crippen LogP contribution in [0.4, 0.5) is 11.6 Å². The van der Waals surface area contributed by atoms with Crippen LogP contribution in [0.25, 0.3) is 0 Å². The SMILES string of the molecule is C=CCCN(C(=NC)c1cc(Cl)c(N(C)CCO)nc1N(C=O)C1C=CC=CC1C(C)C)C(C)CNC=O. The fourth-order valence-corrected chi connectivity index (χ4v) is 4.92. The second-order valence-corrected chi connectivity index (χ2v) is 10.0. The van der Waals surface area contributed by atoms with Crippen LogP contribution < -0.4 is 15.1 Å². The summed E-state index contributed by atoms with van der Waals surface area (Å²) in [5, 5.41) is 12.6. The maximum absolute atomic E-state index is 12.8. The monoisotopic (exact) mass is 544 g/mol. The van der Waals surface area contributed by atoms with Crippen molar-refractivity contribution in [3.05, 3.63) is 53.6 Å². The fourth-order valence-electron chi connectivity index (χ4n) is 4.62. The number of hydrogen-bond donors (Lipinski definition) is 2. The van der Waals surface area contributed by atoms with E-state index in [1.165, 1.54) is 0 Å². The Kier molecular flexibility index (Phi) is 12.5. The van der Waals surface area contributed by atoms with Crippen molar-refractivity contribution in [2.24, 2.45) is 16.8 Å². The number of carbonyl (C=O) groups is 2. The molecule has 0 radical (unpaired) electrons. The van der Waals surface area contributed by atoms with Crippen LogP contribution in [0.5, 0.6) is 0 Å². The van der Waals surface area contributed by atoms with Crippen molar-refractivity contribution in [1.82, 2.24) is 15.2 Å². The van der Waals surface area contributed by atoms with Gasteiger partial charge in [0.15, 0.2) is 0 Å². The van der Waals surface area contributed by atoms with E-state index in [9.17, 15) is 14.7 Å². The average molecular weight is 545 g/mol. The van der Waals surface area contributed by atoms with Crippen molar-refractivity contribution in [2.75, 3.05) is 50.1 Å². The summed E-state index contributed by atoms with van der Waals surface area (Å²) in [6, 6.07) is 1.39. The predicted octanol–water partition coefficient (Wildman–Crippen LogP) is 3.28. The molecule has 38 heavy (non-hydrogen) atoms. The van der Waals surface area contributed by atoms with E-state index < -0.39 is 0 Å². The Bertz CT molecular complexity index is 1040. The molecule has 1 aliphatic carbocycles. The molecule has 0 aromatic carbocycles. The molecule has 0 bridgehead atoms. The first-order valence-electron chi connectivity index (χ1n) is 12.9. The maximum atomic E-state index is 12.8. The molecule has 1 aromatic heterocycles. The number of aliphatic imine (C=N–C) groups is 1. The molecule has 2 rings (SSSR count). The summed E-state index contributed by atoms with van der Waals surface area (Å²) >= 11 is 6.75. The topological polar surface area (TPSA) is 101 Å². The zero-order valence-electron chi connectivity index (χ0n) is 23.0. The van der Waals surface area contributed by atoms with Crippen molar-refractivity contribution in [1.29, 1.82) is 0 Å². The molecule has 9 nitrogen and oxygen atoms in total. The molecule has 0 saturated carbocycles. The summed E-state index contributed by atoms with van der Waals surface area (Å²) < 4.78 is 0. The number of nitrogens with one attached hydrogen (secondary N) is 1. The lowest BCUT2D eigenvalue weighted by molar-refractivity contribution is -0.110. The van der Waals surface area contributed by atoms with Gasteiger partial charge in [-0.05, 0) is 25.3 Å².